The fraction of sp³-hybridized carbons (Fsp3) is 0.278. The number of halogens is 5. The van der Waals surface area contributed by atoms with Crippen molar-refractivity contribution in [1.82, 2.24) is 0 Å². The lowest BCUT2D eigenvalue weighted by Crippen LogP contribution is -2.36. The minimum atomic E-state index is -4.89. The topological polar surface area (TPSA) is 74.7 Å². The molecule has 0 amide bonds. The smallest absolute Gasteiger partial charge is 0.417 e. The molecule has 1 N–H and O–H groups in total. The van der Waals surface area contributed by atoms with Gasteiger partial charge in [0.15, 0.2) is 9.84 Å². The molecule has 1 fully saturated rings. The van der Waals surface area contributed by atoms with Crippen LogP contribution in [0.3, 0.4) is 0 Å². The highest BCUT2D eigenvalue weighted by atomic mass is 35.5. The highest BCUT2D eigenvalue weighted by molar-refractivity contribution is 7.92. The molecular formula is C18H14ClF4NO4S. The molecule has 0 unspecified atom stereocenters. The number of sulfone groups is 1. The molecule has 11 heteroatoms. The molecule has 1 saturated heterocycles. The predicted molar refractivity (Wildman–Crippen MR) is 97.2 cm³/mol. The van der Waals surface area contributed by atoms with Gasteiger partial charge in [0, 0.05) is 12.2 Å². The fourth-order valence-corrected chi connectivity index (χ4v) is 5.42. The van der Waals surface area contributed by atoms with Crippen molar-refractivity contribution in [1.29, 1.82) is 0 Å². The van der Waals surface area contributed by atoms with Crippen LogP contribution in [-0.4, -0.2) is 37.3 Å². The third-order valence-corrected chi connectivity index (χ3v) is 7.20. The van der Waals surface area contributed by atoms with Crippen LogP contribution in [0.2, 0.25) is 5.02 Å². The molecule has 1 heterocycles. The first-order chi connectivity index (χ1) is 13.4. The van der Waals surface area contributed by atoms with Crippen molar-refractivity contribution in [2.75, 3.05) is 11.4 Å². The van der Waals surface area contributed by atoms with Crippen LogP contribution in [0.4, 0.5) is 23.2 Å². The van der Waals surface area contributed by atoms with Crippen molar-refractivity contribution in [3.63, 3.8) is 0 Å². The minimum absolute atomic E-state index is 0.158. The number of hydrogen-bond acceptors (Lipinski definition) is 4. The molecule has 156 valence electrons. The van der Waals surface area contributed by atoms with Gasteiger partial charge < -0.3 is 10.0 Å². The van der Waals surface area contributed by atoms with Gasteiger partial charge in [-0.3, -0.25) is 0 Å². The zero-order valence-corrected chi connectivity index (χ0v) is 16.1. The first-order valence-electron chi connectivity index (χ1n) is 8.27. The van der Waals surface area contributed by atoms with Crippen molar-refractivity contribution < 1.29 is 35.9 Å². The van der Waals surface area contributed by atoms with Gasteiger partial charge in [-0.15, -0.1) is 0 Å². The quantitative estimate of drug-likeness (QED) is 0.711. The summed E-state index contributed by atoms with van der Waals surface area (Å²) in [7, 11) is -4.51. The van der Waals surface area contributed by atoms with E-state index in [1.165, 1.54) is 17.0 Å². The lowest BCUT2D eigenvalue weighted by Gasteiger charge is -2.24. The van der Waals surface area contributed by atoms with Crippen LogP contribution in [0.15, 0.2) is 47.4 Å². The van der Waals surface area contributed by atoms with Crippen molar-refractivity contribution in [2.24, 2.45) is 0 Å². The summed E-state index contributed by atoms with van der Waals surface area (Å²) in [5.41, 5.74) is -1.15. The Morgan fingerprint density at radius 2 is 1.83 bits per heavy atom. The number of rotatable bonds is 4. The maximum absolute atomic E-state index is 13.4. The Kier molecular flexibility index (Phi) is 5.52. The maximum atomic E-state index is 13.4. The van der Waals surface area contributed by atoms with E-state index in [1.54, 1.807) is 0 Å². The van der Waals surface area contributed by atoms with Gasteiger partial charge in [0.2, 0.25) is 0 Å². The van der Waals surface area contributed by atoms with E-state index in [9.17, 15) is 35.9 Å². The van der Waals surface area contributed by atoms with Crippen LogP contribution in [-0.2, 0) is 20.8 Å². The average Bonchev–Trinajstić information content (AvgIpc) is 3.10. The molecule has 1 aliphatic rings. The molecule has 2 atom stereocenters. The molecule has 2 aromatic rings. The second kappa shape index (κ2) is 7.49. The molecule has 1 aliphatic heterocycles. The van der Waals surface area contributed by atoms with E-state index < -0.39 is 56.0 Å². The highest BCUT2D eigenvalue weighted by Gasteiger charge is 2.46. The molecule has 0 saturated carbocycles. The van der Waals surface area contributed by atoms with Gasteiger partial charge in [0.25, 0.3) is 0 Å². The number of carboxylic acid groups (broad SMARTS) is 1. The number of hydrogen-bond donors (Lipinski definition) is 1. The van der Waals surface area contributed by atoms with Crippen LogP contribution in [0.5, 0.6) is 0 Å². The number of anilines is 1. The normalized spacial score (nSPS) is 20.1. The molecule has 0 radical (unpaired) electrons. The Hall–Kier alpha value is -2.33. The van der Waals surface area contributed by atoms with Gasteiger partial charge in [0.1, 0.15) is 11.9 Å². The minimum Gasteiger partial charge on any atom is -0.480 e. The number of carbonyl (C=O) groups is 1. The lowest BCUT2D eigenvalue weighted by molar-refractivity contribution is -0.140. The summed E-state index contributed by atoms with van der Waals surface area (Å²) in [6, 6.07) is 5.80. The van der Waals surface area contributed by atoms with Gasteiger partial charge in [-0.05, 0) is 36.8 Å². The zero-order chi connectivity index (χ0) is 21.6. The lowest BCUT2D eigenvalue weighted by atomic mass is 10.2. The van der Waals surface area contributed by atoms with E-state index in [2.05, 4.69) is 0 Å². The number of benzene rings is 2. The first-order valence-corrected chi connectivity index (χ1v) is 10.2. The molecule has 0 bridgehead atoms. The molecule has 29 heavy (non-hydrogen) atoms. The number of alkyl halides is 3. The summed E-state index contributed by atoms with van der Waals surface area (Å²) >= 11 is 5.72. The van der Waals surface area contributed by atoms with Crippen LogP contribution in [0, 0.1) is 5.82 Å². The van der Waals surface area contributed by atoms with Crippen molar-refractivity contribution in [2.45, 2.75) is 28.8 Å². The zero-order valence-electron chi connectivity index (χ0n) is 14.5. The van der Waals surface area contributed by atoms with Crippen LogP contribution in [0.25, 0.3) is 0 Å². The predicted octanol–water partition coefficient (Wildman–Crippen LogP) is 4.00. The summed E-state index contributed by atoms with van der Waals surface area (Å²) in [5.74, 6) is -2.10. The summed E-state index contributed by atoms with van der Waals surface area (Å²) in [5, 5.41) is 7.79. The third-order valence-electron chi connectivity index (χ3n) is 4.72. The fourth-order valence-electron chi connectivity index (χ4n) is 3.33. The van der Waals surface area contributed by atoms with E-state index >= 15 is 0 Å². The molecule has 2 aromatic carbocycles. The van der Waals surface area contributed by atoms with Crippen molar-refractivity contribution in [3.8, 4) is 0 Å². The first kappa shape index (κ1) is 21.4. The van der Waals surface area contributed by atoms with E-state index in [0.29, 0.717) is 6.07 Å². The van der Waals surface area contributed by atoms with Crippen molar-refractivity contribution >= 4 is 33.1 Å². The molecule has 0 aliphatic carbocycles. The second-order valence-corrected chi connectivity index (χ2v) is 9.11. The number of carboxylic acids is 1. The van der Waals surface area contributed by atoms with Gasteiger partial charge in [-0.25, -0.2) is 17.6 Å². The SMILES string of the molecule is O=C(O)[C@H]1C[C@H](S(=O)(=O)c2ccccc2C(F)(F)F)CN1c1ccc(F)c(Cl)c1. The van der Waals surface area contributed by atoms with Crippen LogP contribution in [0.1, 0.15) is 12.0 Å². The number of aliphatic carboxylic acids is 1. The van der Waals surface area contributed by atoms with E-state index in [0.717, 1.165) is 24.3 Å². The Balaban J connectivity index is 2.02. The van der Waals surface area contributed by atoms with E-state index in [1.807, 2.05) is 0 Å². The largest absolute Gasteiger partial charge is 0.480 e. The van der Waals surface area contributed by atoms with Gasteiger partial charge in [-0.1, -0.05) is 23.7 Å². The Morgan fingerprint density at radius 1 is 1.17 bits per heavy atom. The Bertz CT molecular complexity index is 1060. The standard InChI is InChI=1S/C18H14ClF4NO4S/c19-13-7-10(5-6-14(13)20)24-9-11(8-15(24)17(25)26)29(27,28)16-4-2-1-3-12(16)18(21,22)23/h1-7,11,15H,8-9H2,(H,25,26)/t11-,15+/m0/s1. The third kappa shape index (κ3) is 4.04. The summed E-state index contributed by atoms with van der Waals surface area (Å²) < 4.78 is 79.2. The average molecular weight is 452 g/mol. The van der Waals surface area contributed by atoms with E-state index in [-0.39, 0.29) is 17.3 Å². The van der Waals surface area contributed by atoms with Crippen LogP contribution < -0.4 is 4.90 Å². The highest BCUT2D eigenvalue weighted by Crippen LogP contribution is 2.38. The second-order valence-electron chi connectivity index (χ2n) is 6.50. The maximum Gasteiger partial charge on any atom is 0.417 e. The Labute approximate surface area is 168 Å². The Morgan fingerprint density at radius 3 is 2.41 bits per heavy atom. The molecular weight excluding hydrogens is 438 g/mol. The molecule has 3 rings (SSSR count). The summed E-state index contributed by atoms with van der Waals surface area (Å²) in [4.78, 5) is 11.9. The van der Waals surface area contributed by atoms with Crippen molar-refractivity contribution in [3.05, 3.63) is 58.9 Å². The summed E-state index contributed by atoms with van der Waals surface area (Å²) in [6.45, 7) is -0.381. The van der Waals surface area contributed by atoms with Gasteiger partial charge >= 0.3 is 12.1 Å². The number of nitrogens with zero attached hydrogens (tertiary/aromatic N) is 1. The van der Waals surface area contributed by atoms with E-state index in [4.69, 9.17) is 11.6 Å². The van der Waals surface area contributed by atoms with Gasteiger partial charge in [0.05, 0.1) is 20.7 Å². The van der Waals surface area contributed by atoms with Gasteiger partial charge in [-0.2, -0.15) is 13.2 Å². The summed E-state index contributed by atoms with van der Waals surface area (Å²) in [6.07, 6.45) is -5.32. The van der Waals surface area contributed by atoms with Crippen LogP contribution >= 0.6 is 11.6 Å². The molecule has 0 spiro atoms. The monoisotopic (exact) mass is 451 g/mol. The molecule has 0 aromatic heterocycles. The molecule has 5 nitrogen and oxygen atoms in total.